The van der Waals surface area contributed by atoms with Crippen LogP contribution in [-0.2, 0) is 6.54 Å². The Balaban J connectivity index is 2.66. The molecular formula is C10H12N2. The standard InChI is InChI=1S/C10H12N2/c1-9-3-5-10(6-4-9)7-12(2)8-11/h3-6H,7H2,1-2H3. The minimum atomic E-state index is 0.691. The van der Waals surface area contributed by atoms with Crippen LogP contribution in [-0.4, -0.2) is 11.9 Å². The fourth-order valence-electron chi connectivity index (χ4n) is 1.00. The van der Waals surface area contributed by atoms with E-state index in [1.54, 1.807) is 11.9 Å². The predicted octanol–water partition coefficient (Wildman–Crippen LogP) is 1.91. The lowest BCUT2D eigenvalue weighted by Gasteiger charge is -2.08. The summed E-state index contributed by atoms with van der Waals surface area (Å²) in [5.41, 5.74) is 2.42. The molecule has 1 aromatic carbocycles. The molecule has 0 bridgehead atoms. The molecule has 0 saturated heterocycles. The van der Waals surface area contributed by atoms with Crippen LogP contribution in [0.3, 0.4) is 0 Å². The molecule has 0 saturated carbocycles. The Morgan fingerprint density at radius 3 is 2.42 bits per heavy atom. The number of hydrogen-bond acceptors (Lipinski definition) is 2. The second-order valence-corrected chi connectivity index (χ2v) is 2.94. The molecule has 0 unspecified atom stereocenters. The van der Waals surface area contributed by atoms with E-state index in [1.165, 1.54) is 11.1 Å². The molecule has 0 aromatic heterocycles. The van der Waals surface area contributed by atoms with Crippen molar-refractivity contribution in [3.63, 3.8) is 0 Å². The van der Waals surface area contributed by atoms with Gasteiger partial charge >= 0.3 is 0 Å². The number of nitriles is 1. The molecule has 2 heteroatoms. The monoisotopic (exact) mass is 160 g/mol. The second-order valence-electron chi connectivity index (χ2n) is 2.94. The van der Waals surface area contributed by atoms with Gasteiger partial charge < -0.3 is 4.90 Å². The summed E-state index contributed by atoms with van der Waals surface area (Å²) >= 11 is 0. The lowest BCUT2D eigenvalue weighted by Crippen LogP contribution is -2.09. The van der Waals surface area contributed by atoms with Gasteiger partial charge in [-0.2, -0.15) is 5.26 Å². The smallest absolute Gasteiger partial charge is 0.179 e. The Bertz CT molecular complexity index is 282. The highest BCUT2D eigenvalue weighted by Gasteiger charge is 1.95. The lowest BCUT2D eigenvalue weighted by molar-refractivity contribution is 0.469. The van der Waals surface area contributed by atoms with Gasteiger partial charge in [0.15, 0.2) is 6.19 Å². The normalized spacial score (nSPS) is 9.08. The SMILES string of the molecule is Cc1ccc(CN(C)C#N)cc1. The van der Waals surface area contributed by atoms with E-state index in [4.69, 9.17) is 5.26 Å². The highest BCUT2D eigenvalue weighted by molar-refractivity contribution is 5.21. The first-order valence-electron chi connectivity index (χ1n) is 3.89. The molecule has 0 heterocycles. The van der Waals surface area contributed by atoms with Gasteiger partial charge in [0.25, 0.3) is 0 Å². The van der Waals surface area contributed by atoms with Crippen molar-refractivity contribution in [1.82, 2.24) is 4.90 Å². The maximum absolute atomic E-state index is 8.53. The van der Waals surface area contributed by atoms with Crippen LogP contribution in [0.1, 0.15) is 11.1 Å². The van der Waals surface area contributed by atoms with Gasteiger partial charge in [0, 0.05) is 7.05 Å². The lowest BCUT2D eigenvalue weighted by atomic mass is 10.1. The fourth-order valence-corrected chi connectivity index (χ4v) is 1.00. The average molecular weight is 160 g/mol. The topological polar surface area (TPSA) is 27.0 Å². The van der Waals surface area contributed by atoms with E-state index >= 15 is 0 Å². The molecule has 0 aliphatic rings. The van der Waals surface area contributed by atoms with Crippen LogP contribution >= 0.6 is 0 Å². The Morgan fingerprint density at radius 1 is 1.33 bits per heavy atom. The van der Waals surface area contributed by atoms with Gasteiger partial charge in [-0.15, -0.1) is 0 Å². The molecule has 0 spiro atoms. The van der Waals surface area contributed by atoms with Crippen LogP contribution in [0, 0.1) is 18.4 Å². The van der Waals surface area contributed by atoms with Gasteiger partial charge in [-0.1, -0.05) is 29.8 Å². The van der Waals surface area contributed by atoms with E-state index in [1.807, 2.05) is 12.1 Å². The highest BCUT2D eigenvalue weighted by Crippen LogP contribution is 2.04. The van der Waals surface area contributed by atoms with Gasteiger partial charge in [0.1, 0.15) is 0 Å². The predicted molar refractivity (Wildman–Crippen MR) is 48.3 cm³/mol. The molecule has 0 N–H and O–H groups in total. The first-order valence-corrected chi connectivity index (χ1v) is 3.89. The molecule has 12 heavy (non-hydrogen) atoms. The van der Waals surface area contributed by atoms with E-state index in [2.05, 4.69) is 25.2 Å². The van der Waals surface area contributed by atoms with Crippen LogP contribution in [0.5, 0.6) is 0 Å². The van der Waals surface area contributed by atoms with Crippen LogP contribution in [0.4, 0.5) is 0 Å². The number of nitrogens with zero attached hydrogens (tertiary/aromatic N) is 2. The van der Waals surface area contributed by atoms with Crippen molar-refractivity contribution >= 4 is 0 Å². The first kappa shape index (κ1) is 8.61. The Morgan fingerprint density at radius 2 is 1.92 bits per heavy atom. The van der Waals surface area contributed by atoms with E-state index in [0.29, 0.717) is 6.54 Å². The van der Waals surface area contributed by atoms with Crippen LogP contribution in [0.15, 0.2) is 24.3 Å². The summed E-state index contributed by atoms with van der Waals surface area (Å²) in [5.74, 6) is 0. The number of benzene rings is 1. The van der Waals surface area contributed by atoms with Crippen molar-refractivity contribution in [3.8, 4) is 6.19 Å². The third-order valence-electron chi connectivity index (χ3n) is 1.71. The molecule has 0 radical (unpaired) electrons. The Hall–Kier alpha value is -1.49. The van der Waals surface area contributed by atoms with Crippen LogP contribution in [0.25, 0.3) is 0 Å². The number of hydrogen-bond donors (Lipinski definition) is 0. The maximum Gasteiger partial charge on any atom is 0.179 e. The molecule has 62 valence electrons. The quantitative estimate of drug-likeness (QED) is 0.488. The molecule has 0 fully saturated rings. The third-order valence-corrected chi connectivity index (χ3v) is 1.71. The molecule has 0 amide bonds. The van der Waals surface area contributed by atoms with Crippen molar-refractivity contribution < 1.29 is 0 Å². The average Bonchev–Trinajstić information content (AvgIpc) is 2.09. The van der Waals surface area contributed by atoms with Gasteiger partial charge in [-0.05, 0) is 12.5 Å². The maximum atomic E-state index is 8.53. The molecule has 1 aromatic rings. The summed E-state index contributed by atoms with van der Waals surface area (Å²) in [7, 11) is 1.78. The highest BCUT2D eigenvalue weighted by atomic mass is 15.1. The molecule has 1 rings (SSSR count). The van der Waals surface area contributed by atoms with E-state index in [9.17, 15) is 0 Å². The van der Waals surface area contributed by atoms with Crippen molar-refractivity contribution in [1.29, 1.82) is 5.26 Å². The molecule has 2 nitrogen and oxygen atoms in total. The zero-order valence-corrected chi connectivity index (χ0v) is 7.41. The summed E-state index contributed by atoms with van der Waals surface area (Å²) in [6.07, 6.45) is 2.06. The second kappa shape index (κ2) is 3.77. The van der Waals surface area contributed by atoms with E-state index < -0.39 is 0 Å². The van der Waals surface area contributed by atoms with Gasteiger partial charge in [0.05, 0.1) is 6.54 Å². The van der Waals surface area contributed by atoms with Crippen molar-refractivity contribution in [2.24, 2.45) is 0 Å². The van der Waals surface area contributed by atoms with Crippen molar-refractivity contribution in [2.45, 2.75) is 13.5 Å². The van der Waals surface area contributed by atoms with Gasteiger partial charge in [-0.25, -0.2) is 0 Å². The minimum absolute atomic E-state index is 0.691. The molecular weight excluding hydrogens is 148 g/mol. The number of aryl methyl sites for hydroxylation is 1. The summed E-state index contributed by atoms with van der Waals surface area (Å²) in [5, 5.41) is 8.53. The molecule has 0 aliphatic heterocycles. The zero-order valence-electron chi connectivity index (χ0n) is 7.41. The summed E-state index contributed by atoms with van der Waals surface area (Å²) in [4.78, 5) is 1.60. The Kier molecular flexibility index (Phi) is 2.71. The number of rotatable bonds is 2. The minimum Gasteiger partial charge on any atom is -0.309 e. The van der Waals surface area contributed by atoms with Crippen LogP contribution < -0.4 is 0 Å². The van der Waals surface area contributed by atoms with E-state index in [-0.39, 0.29) is 0 Å². The zero-order chi connectivity index (χ0) is 8.97. The summed E-state index contributed by atoms with van der Waals surface area (Å²) in [6, 6.07) is 8.20. The van der Waals surface area contributed by atoms with E-state index in [0.717, 1.165) is 0 Å². The molecule has 0 aliphatic carbocycles. The largest absolute Gasteiger partial charge is 0.309 e. The Labute approximate surface area is 73.0 Å². The third kappa shape index (κ3) is 2.28. The summed E-state index contributed by atoms with van der Waals surface area (Å²) < 4.78 is 0. The summed E-state index contributed by atoms with van der Waals surface area (Å²) in [6.45, 7) is 2.74. The molecule has 0 atom stereocenters. The van der Waals surface area contributed by atoms with Crippen molar-refractivity contribution in [3.05, 3.63) is 35.4 Å². The van der Waals surface area contributed by atoms with Gasteiger partial charge in [0.2, 0.25) is 0 Å². The fraction of sp³-hybridized carbons (Fsp3) is 0.300. The van der Waals surface area contributed by atoms with Crippen molar-refractivity contribution in [2.75, 3.05) is 7.05 Å². The van der Waals surface area contributed by atoms with Gasteiger partial charge in [-0.3, -0.25) is 0 Å². The van der Waals surface area contributed by atoms with Crippen LogP contribution in [0.2, 0.25) is 0 Å². The first-order chi connectivity index (χ1) is 5.72.